The van der Waals surface area contributed by atoms with Crippen LogP contribution in [0.3, 0.4) is 0 Å². The maximum atomic E-state index is 13.2. The van der Waals surface area contributed by atoms with Gasteiger partial charge < -0.3 is 15.5 Å². The number of nitrogens with one attached hydrogen (secondary N) is 3. The smallest absolute Gasteiger partial charge is 0.335 e. The van der Waals surface area contributed by atoms with Crippen LogP contribution >= 0.6 is 0 Å². The van der Waals surface area contributed by atoms with Gasteiger partial charge in [-0.3, -0.25) is 9.78 Å². The number of halogens is 1. The molecule has 2 aromatic carbocycles. The maximum absolute atomic E-state index is 13.2. The van der Waals surface area contributed by atoms with Crippen LogP contribution in [0.15, 0.2) is 69.4 Å². The minimum absolute atomic E-state index is 0.103. The number of rotatable bonds is 3. The molecule has 0 saturated heterocycles. The van der Waals surface area contributed by atoms with Gasteiger partial charge in [0.2, 0.25) is 5.88 Å². The monoisotopic (exact) mass is 405 g/mol. The molecule has 0 spiro atoms. The van der Waals surface area contributed by atoms with Crippen LogP contribution in [0.2, 0.25) is 0 Å². The van der Waals surface area contributed by atoms with Crippen molar-refractivity contribution in [2.75, 3.05) is 0 Å². The van der Waals surface area contributed by atoms with E-state index in [1.807, 2.05) is 30.5 Å². The summed E-state index contributed by atoms with van der Waals surface area (Å²) in [5.74, 6) is -1.03. The summed E-state index contributed by atoms with van der Waals surface area (Å²) >= 11 is 0. The van der Waals surface area contributed by atoms with Crippen molar-refractivity contribution in [3.05, 3.63) is 92.5 Å². The van der Waals surface area contributed by atoms with Crippen LogP contribution in [-0.2, 0) is 0 Å². The van der Waals surface area contributed by atoms with Crippen molar-refractivity contribution in [2.45, 2.75) is 12.5 Å². The number of hydrogen-bond donors (Lipinski definition) is 4. The fraction of sp³-hybridized carbons (Fsp3) is 0.0952. The zero-order valence-electron chi connectivity index (χ0n) is 15.5. The first kappa shape index (κ1) is 17.9. The largest absolute Gasteiger partial charge is 0.493 e. The molecule has 1 aliphatic heterocycles. The lowest BCUT2D eigenvalue weighted by molar-refractivity contribution is 0.429. The Bertz CT molecular complexity index is 1420. The Hall–Kier alpha value is -4.14. The highest BCUT2D eigenvalue weighted by Crippen LogP contribution is 2.31. The van der Waals surface area contributed by atoms with Crippen molar-refractivity contribution in [1.82, 2.24) is 20.0 Å². The Balaban J connectivity index is 1.55. The van der Waals surface area contributed by atoms with Gasteiger partial charge in [-0.1, -0.05) is 18.2 Å². The summed E-state index contributed by atoms with van der Waals surface area (Å²) in [5, 5.41) is 16.0. The van der Waals surface area contributed by atoms with Crippen molar-refractivity contribution in [3.63, 3.8) is 0 Å². The van der Waals surface area contributed by atoms with Crippen LogP contribution in [-0.4, -0.2) is 25.4 Å². The molecule has 0 unspecified atom stereocenters. The average Bonchev–Trinajstić information content (AvgIpc) is 3.36. The average molecular weight is 405 g/mol. The summed E-state index contributed by atoms with van der Waals surface area (Å²) in [7, 11) is 0. The van der Waals surface area contributed by atoms with Gasteiger partial charge in [0, 0.05) is 29.1 Å². The second-order valence-corrected chi connectivity index (χ2v) is 7.00. The summed E-state index contributed by atoms with van der Waals surface area (Å²) in [4.78, 5) is 30.2. The van der Waals surface area contributed by atoms with E-state index in [2.05, 4.69) is 20.5 Å². The van der Waals surface area contributed by atoms with Crippen LogP contribution in [0.25, 0.3) is 16.6 Å². The highest BCUT2D eigenvalue weighted by atomic mass is 19.1. The molecule has 9 heteroatoms. The molecular formula is C21H16FN5O3. The first-order valence-electron chi connectivity index (χ1n) is 9.25. The van der Waals surface area contributed by atoms with Crippen LogP contribution < -0.4 is 16.7 Å². The highest BCUT2D eigenvalue weighted by Gasteiger charge is 2.28. The third-order valence-corrected chi connectivity index (χ3v) is 5.21. The molecule has 0 fully saturated rings. The number of para-hydroxylation sites is 1. The summed E-state index contributed by atoms with van der Waals surface area (Å²) in [6, 6.07) is 12.6. The Morgan fingerprint density at radius 3 is 2.67 bits per heavy atom. The molecule has 0 radical (unpaired) electrons. The lowest BCUT2D eigenvalue weighted by atomic mass is 9.99. The maximum Gasteiger partial charge on any atom is 0.335 e. The van der Waals surface area contributed by atoms with Crippen molar-refractivity contribution >= 4 is 16.6 Å². The predicted octanol–water partition coefficient (Wildman–Crippen LogP) is 2.29. The normalized spacial score (nSPS) is 15.9. The molecule has 0 amide bonds. The number of hydrogen-bond acceptors (Lipinski definition) is 5. The van der Waals surface area contributed by atoms with E-state index in [4.69, 9.17) is 0 Å². The first-order chi connectivity index (χ1) is 14.5. The number of aromatic nitrogens is 3. The third-order valence-electron chi connectivity index (χ3n) is 5.21. The number of aromatic amines is 2. The molecule has 30 heavy (non-hydrogen) atoms. The Morgan fingerprint density at radius 2 is 1.87 bits per heavy atom. The van der Waals surface area contributed by atoms with Gasteiger partial charge in [0.05, 0.1) is 17.4 Å². The molecule has 0 saturated carbocycles. The number of aromatic hydroxyl groups is 1. The summed E-state index contributed by atoms with van der Waals surface area (Å²) < 4.78 is 14.2. The van der Waals surface area contributed by atoms with Gasteiger partial charge in [0.15, 0.2) is 0 Å². The lowest BCUT2D eigenvalue weighted by Gasteiger charge is -2.12. The molecule has 4 aromatic rings. The van der Waals surface area contributed by atoms with Crippen molar-refractivity contribution in [1.29, 1.82) is 0 Å². The number of hydrazone groups is 1. The third kappa shape index (κ3) is 2.79. The highest BCUT2D eigenvalue weighted by molar-refractivity contribution is 6.03. The van der Waals surface area contributed by atoms with E-state index < -0.39 is 22.9 Å². The van der Waals surface area contributed by atoms with Crippen LogP contribution in [0.5, 0.6) is 5.88 Å². The van der Waals surface area contributed by atoms with E-state index in [1.165, 1.54) is 12.1 Å². The molecule has 5 rings (SSSR count). The molecule has 0 bridgehead atoms. The Morgan fingerprint density at radius 1 is 1.10 bits per heavy atom. The fourth-order valence-electron chi connectivity index (χ4n) is 3.78. The lowest BCUT2D eigenvalue weighted by Crippen LogP contribution is -2.33. The molecule has 4 N–H and O–H groups in total. The van der Waals surface area contributed by atoms with Crippen LogP contribution in [0, 0.1) is 5.82 Å². The van der Waals surface area contributed by atoms with E-state index in [9.17, 15) is 19.1 Å². The van der Waals surface area contributed by atoms with Gasteiger partial charge >= 0.3 is 5.69 Å². The molecule has 150 valence electrons. The molecule has 1 aliphatic rings. The summed E-state index contributed by atoms with van der Waals surface area (Å²) in [5.41, 5.74) is 3.83. The molecular weight excluding hydrogens is 389 g/mol. The van der Waals surface area contributed by atoms with Gasteiger partial charge in [-0.05, 0) is 30.3 Å². The van der Waals surface area contributed by atoms with Crippen molar-refractivity contribution in [2.24, 2.45) is 5.10 Å². The molecule has 2 aromatic heterocycles. The minimum Gasteiger partial charge on any atom is -0.493 e. The first-order valence-corrected chi connectivity index (χ1v) is 9.25. The van der Waals surface area contributed by atoms with E-state index in [-0.39, 0.29) is 17.3 Å². The van der Waals surface area contributed by atoms with E-state index in [0.29, 0.717) is 12.1 Å². The topological polar surface area (TPSA) is 115 Å². The zero-order chi connectivity index (χ0) is 20.8. The fourth-order valence-corrected chi connectivity index (χ4v) is 3.78. The molecule has 3 heterocycles. The standard InChI is InChI=1S/C21H16FN5O3/c22-11-5-7-12(8-6-11)27-20(29)18(19(28)24-21(27)30)17-9-16(25-26-17)14-10-23-15-4-2-1-3-13(14)15/h1-8,10,16,23,25,29H,9H2,(H,24,28,30)/t16-/m1/s1. The predicted molar refractivity (Wildman–Crippen MR) is 110 cm³/mol. The van der Waals surface area contributed by atoms with Gasteiger partial charge in [0.25, 0.3) is 5.56 Å². The summed E-state index contributed by atoms with van der Waals surface area (Å²) in [6.45, 7) is 0. The van der Waals surface area contributed by atoms with E-state index in [0.717, 1.165) is 33.2 Å². The van der Waals surface area contributed by atoms with E-state index >= 15 is 0 Å². The minimum atomic E-state index is -0.826. The zero-order valence-corrected chi connectivity index (χ0v) is 15.5. The molecule has 0 aliphatic carbocycles. The van der Waals surface area contributed by atoms with Crippen LogP contribution in [0.1, 0.15) is 23.6 Å². The summed E-state index contributed by atoms with van der Waals surface area (Å²) in [6.07, 6.45) is 2.21. The van der Waals surface area contributed by atoms with Crippen molar-refractivity contribution < 1.29 is 9.50 Å². The second kappa shape index (κ2) is 6.73. The molecule has 8 nitrogen and oxygen atoms in total. The second-order valence-electron chi connectivity index (χ2n) is 7.00. The van der Waals surface area contributed by atoms with Gasteiger partial charge in [-0.15, -0.1) is 0 Å². The SMILES string of the molecule is O=c1[nH]c(=O)n(-c2ccc(F)cc2)c(O)c1C1=NN[C@@H](c2c[nH]c3ccccc23)C1. The number of benzene rings is 2. The van der Waals surface area contributed by atoms with Gasteiger partial charge in [-0.25, -0.2) is 13.8 Å². The van der Waals surface area contributed by atoms with Gasteiger partial charge in [-0.2, -0.15) is 5.10 Å². The van der Waals surface area contributed by atoms with Crippen LogP contribution in [0.4, 0.5) is 4.39 Å². The number of nitrogens with zero attached hydrogens (tertiary/aromatic N) is 2. The van der Waals surface area contributed by atoms with E-state index in [1.54, 1.807) is 0 Å². The van der Waals surface area contributed by atoms with Gasteiger partial charge in [0.1, 0.15) is 11.4 Å². The number of H-pyrrole nitrogens is 2. The molecule has 1 atom stereocenters. The Kier molecular flexibility index (Phi) is 4.02. The Labute approximate surface area is 168 Å². The quantitative estimate of drug-likeness (QED) is 0.419. The van der Waals surface area contributed by atoms with Crippen molar-refractivity contribution in [3.8, 4) is 11.6 Å². The number of fused-ring (bicyclic) bond motifs is 1.